The van der Waals surface area contributed by atoms with Crippen molar-refractivity contribution in [1.29, 1.82) is 0 Å². The van der Waals surface area contributed by atoms with Crippen molar-refractivity contribution >= 4 is 31.9 Å². The van der Waals surface area contributed by atoms with Crippen LogP contribution in [0.5, 0.6) is 0 Å². The fourth-order valence-corrected chi connectivity index (χ4v) is 3.32. The Morgan fingerprint density at radius 2 is 1.70 bits per heavy atom. The molecule has 0 saturated carbocycles. The summed E-state index contributed by atoms with van der Waals surface area (Å²) in [5, 5.41) is 2.71. The minimum atomic E-state index is -3.68. The number of nitrogens with one attached hydrogen (secondary N) is 1. The number of nitrogens with zero attached hydrogens (tertiary/aromatic N) is 1. The van der Waals surface area contributed by atoms with E-state index in [0.29, 0.717) is 6.54 Å². The fraction of sp³-hybridized carbons (Fsp3) is 0.188. The van der Waals surface area contributed by atoms with E-state index in [4.69, 9.17) is 0 Å². The third-order valence-corrected chi connectivity index (χ3v) is 5.57. The lowest BCUT2D eigenvalue weighted by Gasteiger charge is -2.17. The van der Waals surface area contributed by atoms with E-state index in [1.54, 1.807) is 12.1 Å². The van der Waals surface area contributed by atoms with Crippen LogP contribution < -0.4 is 5.32 Å². The summed E-state index contributed by atoms with van der Waals surface area (Å²) >= 11 is 3.26. The van der Waals surface area contributed by atoms with E-state index in [0.717, 1.165) is 14.3 Å². The van der Waals surface area contributed by atoms with Gasteiger partial charge in [0.1, 0.15) is 0 Å². The van der Waals surface area contributed by atoms with Gasteiger partial charge in [-0.25, -0.2) is 8.42 Å². The molecule has 0 heterocycles. The lowest BCUT2D eigenvalue weighted by Crippen LogP contribution is -2.38. The second-order valence-corrected chi connectivity index (χ2v) is 7.94. The minimum Gasteiger partial charge on any atom is -0.351 e. The molecule has 0 bridgehead atoms. The van der Waals surface area contributed by atoms with Crippen LogP contribution in [-0.2, 0) is 21.4 Å². The van der Waals surface area contributed by atoms with E-state index in [-0.39, 0.29) is 17.3 Å². The molecule has 0 unspecified atom stereocenters. The molecular formula is C16H17BrN2O3S. The first-order valence-corrected chi connectivity index (χ1v) is 9.15. The zero-order valence-electron chi connectivity index (χ0n) is 12.6. The molecule has 0 atom stereocenters. The van der Waals surface area contributed by atoms with Gasteiger partial charge in [0.15, 0.2) is 0 Å². The zero-order chi connectivity index (χ0) is 16.9. The number of hydrogen-bond donors (Lipinski definition) is 1. The van der Waals surface area contributed by atoms with Crippen molar-refractivity contribution in [1.82, 2.24) is 9.62 Å². The first-order valence-electron chi connectivity index (χ1n) is 6.92. The topological polar surface area (TPSA) is 66.5 Å². The number of hydrogen-bond acceptors (Lipinski definition) is 3. The third kappa shape index (κ3) is 4.89. The van der Waals surface area contributed by atoms with E-state index in [9.17, 15) is 13.2 Å². The summed E-state index contributed by atoms with van der Waals surface area (Å²) in [5.74, 6) is -0.350. The Labute approximate surface area is 144 Å². The first kappa shape index (κ1) is 17.7. The number of halogens is 1. The summed E-state index contributed by atoms with van der Waals surface area (Å²) in [4.78, 5) is 12.1. The van der Waals surface area contributed by atoms with Gasteiger partial charge in [-0.15, -0.1) is 0 Å². The molecule has 0 aliphatic rings. The molecule has 1 N–H and O–H groups in total. The van der Waals surface area contributed by atoms with Crippen molar-refractivity contribution in [3.8, 4) is 0 Å². The van der Waals surface area contributed by atoms with Crippen molar-refractivity contribution < 1.29 is 13.2 Å². The molecule has 5 nitrogen and oxygen atoms in total. The molecule has 0 aliphatic carbocycles. The Morgan fingerprint density at radius 3 is 2.30 bits per heavy atom. The van der Waals surface area contributed by atoms with Crippen molar-refractivity contribution in [2.45, 2.75) is 11.4 Å². The molecule has 0 radical (unpaired) electrons. The van der Waals surface area contributed by atoms with Crippen LogP contribution in [0.2, 0.25) is 0 Å². The van der Waals surface area contributed by atoms with Gasteiger partial charge in [0.2, 0.25) is 15.9 Å². The largest absolute Gasteiger partial charge is 0.351 e. The van der Waals surface area contributed by atoms with E-state index in [1.165, 1.54) is 19.2 Å². The average Bonchev–Trinajstić information content (AvgIpc) is 2.54. The van der Waals surface area contributed by atoms with Crippen LogP contribution in [0.3, 0.4) is 0 Å². The van der Waals surface area contributed by atoms with E-state index in [2.05, 4.69) is 21.2 Å². The summed E-state index contributed by atoms with van der Waals surface area (Å²) in [6, 6.07) is 15.7. The molecule has 0 saturated heterocycles. The predicted molar refractivity (Wildman–Crippen MR) is 92.2 cm³/mol. The zero-order valence-corrected chi connectivity index (χ0v) is 15.0. The van der Waals surface area contributed by atoms with Gasteiger partial charge < -0.3 is 5.32 Å². The molecule has 2 rings (SSSR count). The first-order chi connectivity index (χ1) is 10.9. The van der Waals surface area contributed by atoms with Crippen LogP contribution in [0.4, 0.5) is 0 Å². The van der Waals surface area contributed by atoms with Crippen LogP contribution in [0, 0.1) is 0 Å². The molecule has 1 amide bonds. The highest BCUT2D eigenvalue weighted by Crippen LogP contribution is 2.17. The molecule has 23 heavy (non-hydrogen) atoms. The lowest BCUT2D eigenvalue weighted by atomic mass is 10.2. The molecule has 122 valence electrons. The summed E-state index contributed by atoms with van der Waals surface area (Å²) < 4.78 is 26.6. The maximum absolute atomic E-state index is 12.4. The number of rotatable bonds is 6. The Balaban J connectivity index is 1.96. The number of sulfonamides is 1. The highest BCUT2D eigenvalue weighted by atomic mass is 79.9. The molecule has 0 aromatic heterocycles. The third-order valence-electron chi connectivity index (χ3n) is 3.22. The van der Waals surface area contributed by atoms with Crippen LogP contribution in [0.25, 0.3) is 0 Å². The van der Waals surface area contributed by atoms with Crippen LogP contribution in [-0.4, -0.2) is 32.2 Å². The summed E-state index contributed by atoms with van der Waals surface area (Å²) in [7, 11) is -2.29. The number of carbonyl (C=O) groups is 1. The normalized spacial score (nSPS) is 11.4. The van der Waals surface area contributed by atoms with E-state index < -0.39 is 10.0 Å². The molecule has 0 spiro atoms. The Bertz CT molecular complexity index is 762. The molecule has 2 aromatic carbocycles. The van der Waals surface area contributed by atoms with Crippen molar-refractivity contribution in [3.05, 3.63) is 64.6 Å². The molecular weight excluding hydrogens is 380 g/mol. The van der Waals surface area contributed by atoms with Gasteiger partial charge in [0.25, 0.3) is 0 Å². The summed E-state index contributed by atoms with van der Waals surface area (Å²) in [5.41, 5.74) is 0.958. The minimum absolute atomic E-state index is 0.152. The Kier molecular flexibility index (Phi) is 5.92. The second kappa shape index (κ2) is 7.72. The standard InChI is InChI=1S/C16H17BrN2O3S/c1-19(23(21,22)15-9-7-14(17)8-10-15)12-16(20)18-11-13-5-3-2-4-6-13/h2-10H,11-12H2,1H3,(H,18,20). The van der Waals surface area contributed by atoms with Gasteiger partial charge in [-0.3, -0.25) is 4.79 Å². The van der Waals surface area contributed by atoms with E-state index in [1.807, 2.05) is 30.3 Å². The molecule has 0 aliphatic heterocycles. The monoisotopic (exact) mass is 396 g/mol. The maximum atomic E-state index is 12.4. The van der Waals surface area contributed by atoms with Crippen molar-refractivity contribution in [2.75, 3.05) is 13.6 Å². The highest BCUT2D eigenvalue weighted by molar-refractivity contribution is 9.10. The van der Waals surface area contributed by atoms with Gasteiger partial charge in [0, 0.05) is 18.1 Å². The molecule has 0 fully saturated rings. The fourth-order valence-electron chi connectivity index (χ4n) is 1.93. The Hall–Kier alpha value is -1.70. The van der Waals surface area contributed by atoms with Gasteiger partial charge >= 0.3 is 0 Å². The second-order valence-electron chi connectivity index (χ2n) is 4.98. The number of amides is 1. The van der Waals surface area contributed by atoms with Crippen LogP contribution in [0.1, 0.15) is 5.56 Å². The van der Waals surface area contributed by atoms with E-state index >= 15 is 0 Å². The number of likely N-dealkylation sites (N-methyl/N-ethyl adjacent to an activating group) is 1. The average molecular weight is 397 g/mol. The van der Waals surface area contributed by atoms with Crippen molar-refractivity contribution in [3.63, 3.8) is 0 Å². The SMILES string of the molecule is CN(CC(=O)NCc1ccccc1)S(=O)(=O)c1ccc(Br)cc1. The quantitative estimate of drug-likeness (QED) is 0.814. The van der Waals surface area contributed by atoms with Crippen LogP contribution in [0.15, 0.2) is 64.0 Å². The molecule has 7 heteroatoms. The predicted octanol–water partition coefficient (Wildman–Crippen LogP) is 2.39. The highest BCUT2D eigenvalue weighted by Gasteiger charge is 2.22. The maximum Gasteiger partial charge on any atom is 0.243 e. The van der Waals surface area contributed by atoms with Gasteiger partial charge in [-0.05, 0) is 29.8 Å². The Morgan fingerprint density at radius 1 is 1.09 bits per heavy atom. The number of benzene rings is 2. The number of carbonyl (C=O) groups excluding carboxylic acids is 1. The molecule has 2 aromatic rings. The lowest BCUT2D eigenvalue weighted by molar-refractivity contribution is -0.121. The smallest absolute Gasteiger partial charge is 0.243 e. The summed E-state index contributed by atoms with van der Waals surface area (Å²) in [6.45, 7) is 0.136. The van der Waals surface area contributed by atoms with Gasteiger partial charge in [-0.2, -0.15) is 4.31 Å². The van der Waals surface area contributed by atoms with Gasteiger partial charge in [0.05, 0.1) is 11.4 Å². The van der Waals surface area contributed by atoms with Gasteiger partial charge in [-0.1, -0.05) is 46.3 Å². The van der Waals surface area contributed by atoms with Crippen molar-refractivity contribution in [2.24, 2.45) is 0 Å². The summed E-state index contributed by atoms with van der Waals surface area (Å²) in [6.07, 6.45) is 0. The van der Waals surface area contributed by atoms with Crippen LogP contribution >= 0.6 is 15.9 Å².